The van der Waals surface area contributed by atoms with Crippen LogP contribution in [0.3, 0.4) is 0 Å². The van der Waals surface area contributed by atoms with Crippen LogP contribution >= 0.6 is 0 Å². The summed E-state index contributed by atoms with van der Waals surface area (Å²) >= 11 is 0. The van der Waals surface area contributed by atoms with E-state index in [4.69, 9.17) is 0 Å². The quantitative estimate of drug-likeness (QED) is 0.286. The summed E-state index contributed by atoms with van der Waals surface area (Å²) in [5.74, 6) is -0.574. The van der Waals surface area contributed by atoms with Crippen molar-refractivity contribution in [2.75, 3.05) is 0 Å². The van der Waals surface area contributed by atoms with Crippen LogP contribution in [0.5, 0.6) is 0 Å². The molecule has 0 heterocycles. The molecule has 1 saturated carbocycles. The van der Waals surface area contributed by atoms with Crippen molar-refractivity contribution in [3.8, 4) is 0 Å². The van der Waals surface area contributed by atoms with Gasteiger partial charge in [-0.15, -0.1) is 5.73 Å². The first kappa shape index (κ1) is 21.1. The summed E-state index contributed by atoms with van der Waals surface area (Å²) in [6, 6.07) is 30.2. The summed E-state index contributed by atoms with van der Waals surface area (Å²) in [7, 11) is 0. The first-order chi connectivity index (χ1) is 16.0. The largest absolute Gasteiger partial charge is 0.207 e. The monoisotopic (exact) mass is 434 g/mol. The predicted octanol–water partition coefficient (Wildman–Crippen LogP) is 7.93. The molecule has 0 atom stereocenters. The Bertz CT molecular complexity index is 1260. The first-order valence-electron chi connectivity index (χ1n) is 11.1. The summed E-state index contributed by atoms with van der Waals surface area (Å²) in [6.07, 6.45) is 0.852. The fraction of sp³-hybridized carbons (Fsp3) is 0.129. The SMILES string of the molecule is Cc1ccc(C2(c3ccc(C)cc3)CC2=C=C(c2ccc(F)cc2)c2ccc(F)cc2)cc1. The van der Waals surface area contributed by atoms with Gasteiger partial charge in [0, 0.05) is 5.57 Å². The zero-order valence-electron chi connectivity index (χ0n) is 18.7. The van der Waals surface area contributed by atoms with Crippen LogP contribution in [0.1, 0.15) is 39.8 Å². The molecule has 0 nitrogen and oxygen atoms in total. The summed E-state index contributed by atoms with van der Waals surface area (Å²) < 4.78 is 27.3. The van der Waals surface area contributed by atoms with E-state index in [1.54, 1.807) is 24.3 Å². The minimum Gasteiger partial charge on any atom is -0.207 e. The molecule has 162 valence electrons. The van der Waals surface area contributed by atoms with Crippen LogP contribution in [0.25, 0.3) is 5.57 Å². The molecule has 0 spiro atoms. The molecule has 0 radical (unpaired) electrons. The fourth-order valence-electron chi connectivity index (χ4n) is 4.46. The maximum atomic E-state index is 13.6. The van der Waals surface area contributed by atoms with Crippen LogP contribution in [0.15, 0.2) is 108 Å². The Balaban J connectivity index is 1.74. The highest BCUT2D eigenvalue weighted by molar-refractivity contribution is 5.81. The van der Waals surface area contributed by atoms with E-state index < -0.39 is 0 Å². The third-order valence-electron chi connectivity index (χ3n) is 6.46. The van der Waals surface area contributed by atoms with Crippen molar-refractivity contribution in [3.63, 3.8) is 0 Å². The first-order valence-corrected chi connectivity index (χ1v) is 11.1. The normalized spacial score (nSPS) is 14.0. The van der Waals surface area contributed by atoms with Gasteiger partial charge < -0.3 is 0 Å². The van der Waals surface area contributed by atoms with Gasteiger partial charge in [-0.05, 0) is 72.4 Å². The van der Waals surface area contributed by atoms with E-state index in [1.807, 2.05) is 0 Å². The van der Waals surface area contributed by atoms with Crippen LogP contribution in [0.2, 0.25) is 0 Å². The molecule has 1 aliphatic carbocycles. The van der Waals surface area contributed by atoms with E-state index in [1.165, 1.54) is 52.1 Å². The van der Waals surface area contributed by atoms with Gasteiger partial charge in [0.2, 0.25) is 0 Å². The average molecular weight is 435 g/mol. The second-order valence-electron chi connectivity index (χ2n) is 8.81. The van der Waals surface area contributed by atoms with Crippen molar-refractivity contribution in [1.29, 1.82) is 0 Å². The average Bonchev–Trinajstić information content (AvgIpc) is 3.55. The third-order valence-corrected chi connectivity index (χ3v) is 6.46. The molecule has 4 aromatic rings. The van der Waals surface area contributed by atoms with Crippen molar-refractivity contribution in [3.05, 3.63) is 153 Å². The van der Waals surface area contributed by atoms with Crippen LogP contribution < -0.4 is 0 Å². The summed E-state index contributed by atoms with van der Waals surface area (Å²) in [5, 5.41) is 0. The smallest absolute Gasteiger partial charge is 0.123 e. The Labute approximate surface area is 193 Å². The maximum absolute atomic E-state index is 13.6. The third kappa shape index (κ3) is 4.06. The van der Waals surface area contributed by atoms with Gasteiger partial charge in [0.1, 0.15) is 11.6 Å². The second kappa shape index (κ2) is 8.31. The number of rotatable bonds is 4. The van der Waals surface area contributed by atoms with E-state index in [-0.39, 0.29) is 17.0 Å². The van der Waals surface area contributed by atoms with Crippen LogP contribution in [0.4, 0.5) is 8.78 Å². The number of halogens is 2. The van der Waals surface area contributed by atoms with Crippen LogP contribution in [-0.2, 0) is 5.41 Å². The van der Waals surface area contributed by atoms with Gasteiger partial charge >= 0.3 is 0 Å². The summed E-state index contributed by atoms with van der Waals surface area (Å²) in [6.45, 7) is 4.18. The molecule has 0 aliphatic heterocycles. The van der Waals surface area contributed by atoms with Gasteiger partial charge in [-0.3, -0.25) is 0 Å². The van der Waals surface area contributed by atoms with Crippen molar-refractivity contribution in [2.45, 2.75) is 25.7 Å². The highest BCUT2D eigenvalue weighted by Gasteiger charge is 2.52. The van der Waals surface area contributed by atoms with Gasteiger partial charge in [0.15, 0.2) is 0 Å². The highest BCUT2D eigenvalue weighted by atomic mass is 19.1. The lowest BCUT2D eigenvalue weighted by Gasteiger charge is -2.17. The van der Waals surface area contributed by atoms with Gasteiger partial charge in [0.05, 0.1) is 5.41 Å². The molecule has 0 unspecified atom stereocenters. The minimum atomic E-state index is -0.287. The zero-order valence-corrected chi connectivity index (χ0v) is 18.7. The number of benzene rings is 4. The van der Waals surface area contributed by atoms with Crippen molar-refractivity contribution in [2.24, 2.45) is 0 Å². The van der Waals surface area contributed by atoms with E-state index >= 15 is 0 Å². The van der Waals surface area contributed by atoms with E-state index in [9.17, 15) is 8.78 Å². The van der Waals surface area contributed by atoms with Gasteiger partial charge in [-0.25, -0.2) is 8.78 Å². The second-order valence-corrected chi connectivity index (χ2v) is 8.81. The van der Waals surface area contributed by atoms with Crippen LogP contribution in [-0.4, -0.2) is 0 Å². The molecular weight excluding hydrogens is 410 g/mol. The Hall–Kier alpha value is -3.74. The molecule has 0 N–H and O–H groups in total. The fourth-order valence-corrected chi connectivity index (χ4v) is 4.46. The standard InChI is InChI=1S/C31H24F2/c1-21-3-11-25(12-4-21)31(26-13-5-22(2)6-14-26)20-27(31)19-30(23-7-15-28(32)16-8-23)24-9-17-29(33)18-10-24/h3-18H,20H2,1-2H3. The molecule has 0 bridgehead atoms. The molecule has 5 rings (SSSR count). The summed E-state index contributed by atoms with van der Waals surface area (Å²) in [5.41, 5.74) is 12.0. The maximum Gasteiger partial charge on any atom is 0.123 e. The Kier molecular flexibility index (Phi) is 5.32. The number of allylic oxidation sites excluding steroid dienone is 1. The molecule has 0 amide bonds. The lowest BCUT2D eigenvalue weighted by Crippen LogP contribution is -2.09. The van der Waals surface area contributed by atoms with E-state index in [2.05, 4.69) is 68.1 Å². The lowest BCUT2D eigenvalue weighted by molar-refractivity contribution is 0.627. The van der Waals surface area contributed by atoms with Crippen molar-refractivity contribution in [1.82, 2.24) is 0 Å². The van der Waals surface area contributed by atoms with Crippen LogP contribution in [0, 0.1) is 25.5 Å². The van der Waals surface area contributed by atoms with E-state index in [0.29, 0.717) is 0 Å². The minimum absolute atomic E-state index is 0.243. The van der Waals surface area contributed by atoms with Gasteiger partial charge in [-0.1, -0.05) is 83.9 Å². The van der Waals surface area contributed by atoms with Gasteiger partial charge in [0.25, 0.3) is 0 Å². The predicted molar refractivity (Wildman–Crippen MR) is 130 cm³/mol. The van der Waals surface area contributed by atoms with Crippen molar-refractivity contribution < 1.29 is 8.78 Å². The topological polar surface area (TPSA) is 0 Å². The molecule has 1 aliphatic rings. The number of hydrogen-bond donors (Lipinski definition) is 0. The highest BCUT2D eigenvalue weighted by Crippen LogP contribution is 2.58. The molecule has 33 heavy (non-hydrogen) atoms. The lowest BCUT2D eigenvalue weighted by atomic mass is 9.86. The molecular formula is C31H24F2. The molecule has 0 saturated heterocycles. The molecule has 4 aromatic carbocycles. The summed E-state index contributed by atoms with van der Waals surface area (Å²) in [4.78, 5) is 0. The van der Waals surface area contributed by atoms with E-state index in [0.717, 1.165) is 23.1 Å². The molecule has 0 aromatic heterocycles. The number of aryl methyl sites for hydroxylation is 2. The van der Waals surface area contributed by atoms with Crippen molar-refractivity contribution >= 4 is 5.57 Å². The Morgan fingerprint density at radius 2 is 1.00 bits per heavy atom. The Morgan fingerprint density at radius 1 is 0.606 bits per heavy atom. The number of hydrogen-bond acceptors (Lipinski definition) is 0. The van der Waals surface area contributed by atoms with Gasteiger partial charge in [-0.2, -0.15) is 0 Å². The Morgan fingerprint density at radius 3 is 1.39 bits per heavy atom. The zero-order chi connectivity index (χ0) is 23.0. The molecule has 1 fully saturated rings. The molecule has 2 heteroatoms.